The number of rotatable bonds is 2. The molecule has 1 nitrogen and oxygen atoms in total. The van der Waals surface area contributed by atoms with Crippen molar-refractivity contribution < 1.29 is 0 Å². The van der Waals surface area contributed by atoms with Gasteiger partial charge >= 0.3 is 0 Å². The summed E-state index contributed by atoms with van der Waals surface area (Å²) < 4.78 is 0.945. The molecule has 14 heavy (non-hydrogen) atoms. The molecule has 0 aliphatic carbocycles. The first-order valence-corrected chi connectivity index (χ1v) is 5.77. The van der Waals surface area contributed by atoms with E-state index >= 15 is 0 Å². The molecule has 1 aromatic heterocycles. The van der Waals surface area contributed by atoms with Gasteiger partial charge in [0.05, 0.1) is 15.4 Å². The molecule has 76 valence electrons. The minimum atomic E-state index is 0.740. The maximum atomic E-state index is 6.24. The van der Waals surface area contributed by atoms with Gasteiger partial charge in [-0.2, -0.15) is 0 Å². The maximum absolute atomic E-state index is 6.24. The summed E-state index contributed by atoms with van der Waals surface area (Å²) in [4.78, 5) is 4.37. The lowest BCUT2D eigenvalue weighted by Gasteiger charge is -1.99. The van der Waals surface area contributed by atoms with Crippen LogP contribution in [-0.4, -0.2) is 4.98 Å². The normalized spacial score (nSPS) is 14.4. The molecule has 0 aliphatic heterocycles. The Morgan fingerprint density at radius 1 is 1.64 bits per heavy atom. The quantitative estimate of drug-likeness (QED) is 0.757. The van der Waals surface area contributed by atoms with Crippen molar-refractivity contribution in [2.24, 2.45) is 0 Å². The molecule has 0 fully saturated rings. The molecular formula is C11H14ClNS. The summed E-state index contributed by atoms with van der Waals surface area (Å²) in [6.07, 6.45) is 2.95. The summed E-state index contributed by atoms with van der Waals surface area (Å²) in [5, 5.41) is 2.59. The number of hydrogen-bond donors (Lipinski definition) is 0. The number of aromatic nitrogens is 1. The molecule has 0 N–H and O–H groups in total. The Hall–Kier alpha value is -0.600. The van der Waals surface area contributed by atoms with Crippen molar-refractivity contribution in [3.63, 3.8) is 0 Å². The van der Waals surface area contributed by atoms with E-state index in [4.69, 9.17) is 11.6 Å². The molecule has 0 radical (unpaired) electrons. The number of nitrogens with zero attached hydrogens (tertiary/aromatic N) is 1. The van der Waals surface area contributed by atoms with Gasteiger partial charge < -0.3 is 0 Å². The van der Waals surface area contributed by atoms with Crippen LogP contribution in [0.5, 0.6) is 0 Å². The average molecular weight is 228 g/mol. The maximum Gasteiger partial charge on any atom is 0.0998 e. The van der Waals surface area contributed by atoms with Gasteiger partial charge in [-0.3, -0.25) is 0 Å². The molecule has 0 amide bonds. The van der Waals surface area contributed by atoms with E-state index in [0.717, 1.165) is 31.9 Å². The van der Waals surface area contributed by atoms with Crippen molar-refractivity contribution in [1.29, 1.82) is 0 Å². The predicted octanol–water partition coefficient (Wildman–Crippen LogP) is 2.57. The Morgan fingerprint density at radius 3 is 2.64 bits per heavy atom. The molecule has 0 saturated carbocycles. The summed E-state index contributed by atoms with van der Waals surface area (Å²) >= 11 is 7.82. The molecule has 0 atom stereocenters. The molecule has 0 spiro atoms. The summed E-state index contributed by atoms with van der Waals surface area (Å²) in [7, 11) is 0. The lowest BCUT2D eigenvalue weighted by atomic mass is 10.2. The number of allylic oxidation sites excluding steroid dienone is 2. The Balaban J connectivity index is 3.44. The van der Waals surface area contributed by atoms with Crippen molar-refractivity contribution in [3.05, 3.63) is 26.5 Å². The first kappa shape index (κ1) is 11.5. The minimum Gasteiger partial charge on any atom is -0.240 e. The van der Waals surface area contributed by atoms with Gasteiger partial charge in [0.2, 0.25) is 0 Å². The fourth-order valence-corrected chi connectivity index (χ4v) is 2.47. The van der Waals surface area contributed by atoms with E-state index in [2.05, 4.69) is 18.5 Å². The number of halogens is 1. The Kier molecular flexibility index (Phi) is 3.90. The summed E-state index contributed by atoms with van der Waals surface area (Å²) in [5.74, 6) is 0. The lowest BCUT2D eigenvalue weighted by Crippen LogP contribution is -2.21. The van der Waals surface area contributed by atoms with Gasteiger partial charge in [-0.15, -0.1) is 11.3 Å². The Morgan fingerprint density at radius 2 is 2.29 bits per heavy atom. The Labute approximate surface area is 93.4 Å². The van der Waals surface area contributed by atoms with E-state index in [9.17, 15) is 0 Å². The van der Waals surface area contributed by atoms with Crippen LogP contribution in [0.2, 0.25) is 0 Å². The fourth-order valence-electron chi connectivity index (χ4n) is 1.28. The van der Waals surface area contributed by atoms with Crippen molar-refractivity contribution in [3.8, 4) is 0 Å². The van der Waals surface area contributed by atoms with Crippen molar-refractivity contribution in [2.75, 3.05) is 0 Å². The average Bonchev–Trinajstić information content (AvgIpc) is 2.47. The zero-order valence-corrected chi connectivity index (χ0v) is 10.3. The summed E-state index contributed by atoms with van der Waals surface area (Å²) in [6, 6.07) is 0. The van der Waals surface area contributed by atoms with E-state index in [-0.39, 0.29) is 0 Å². The zero-order chi connectivity index (χ0) is 10.7. The van der Waals surface area contributed by atoms with Crippen molar-refractivity contribution in [1.82, 2.24) is 4.98 Å². The van der Waals surface area contributed by atoms with Crippen LogP contribution in [0.25, 0.3) is 11.6 Å². The third-order valence-electron chi connectivity index (χ3n) is 2.02. The monoisotopic (exact) mass is 227 g/mol. The third-order valence-corrected chi connectivity index (χ3v) is 3.27. The number of thiazole rings is 1. The third kappa shape index (κ3) is 2.25. The molecule has 0 bridgehead atoms. The predicted molar refractivity (Wildman–Crippen MR) is 64.9 cm³/mol. The van der Waals surface area contributed by atoms with Crippen LogP contribution in [0.3, 0.4) is 0 Å². The van der Waals surface area contributed by atoms with E-state index in [1.807, 2.05) is 19.9 Å². The topological polar surface area (TPSA) is 12.9 Å². The van der Waals surface area contributed by atoms with Gasteiger partial charge in [-0.25, -0.2) is 4.98 Å². The number of hydrogen-bond acceptors (Lipinski definition) is 2. The van der Waals surface area contributed by atoms with Crippen LogP contribution in [0.1, 0.15) is 25.3 Å². The molecule has 0 aliphatic rings. The van der Waals surface area contributed by atoms with Crippen LogP contribution >= 0.6 is 22.9 Å². The Bertz CT molecular complexity index is 456. The fraction of sp³-hybridized carbons (Fsp3) is 0.364. The molecule has 0 saturated heterocycles. The van der Waals surface area contributed by atoms with Gasteiger partial charge in [-0.05, 0) is 25.8 Å². The van der Waals surface area contributed by atoms with E-state index in [1.54, 1.807) is 11.3 Å². The molecule has 1 rings (SSSR count). The molecular weight excluding hydrogens is 214 g/mol. The smallest absolute Gasteiger partial charge is 0.0998 e. The number of aryl methyl sites for hydroxylation is 1. The minimum absolute atomic E-state index is 0.740. The SMILES string of the molecule is C=c1sc(C)n/c1=C(Cl)/C(=C\C)CC. The first-order valence-electron chi connectivity index (χ1n) is 4.57. The van der Waals surface area contributed by atoms with Crippen molar-refractivity contribution in [2.45, 2.75) is 27.2 Å². The molecule has 1 heterocycles. The van der Waals surface area contributed by atoms with Crippen molar-refractivity contribution >= 4 is 34.5 Å². The van der Waals surface area contributed by atoms with Gasteiger partial charge in [0.25, 0.3) is 0 Å². The van der Waals surface area contributed by atoms with Crippen LogP contribution in [0.15, 0.2) is 11.6 Å². The van der Waals surface area contributed by atoms with Crippen LogP contribution in [-0.2, 0) is 0 Å². The second kappa shape index (κ2) is 4.76. The second-order valence-electron chi connectivity index (χ2n) is 2.99. The summed E-state index contributed by atoms with van der Waals surface area (Å²) in [5.41, 5.74) is 1.13. The molecule has 0 aromatic carbocycles. The highest BCUT2D eigenvalue weighted by atomic mass is 35.5. The van der Waals surface area contributed by atoms with Gasteiger partial charge in [0.15, 0.2) is 0 Å². The first-order chi connectivity index (χ1) is 6.60. The summed E-state index contributed by atoms with van der Waals surface area (Å²) in [6.45, 7) is 9.98. The van der Waals surface area contributed by atoms with E-state index in [0.29, 0.717) is 0 Å². The van der Waals surface area contributed by atoms with Crippen LogP contribution in [0, 0.1) is 6.92 Å². The van der Waals surface area contributed by atoms with Crippen LogP contribution < -0.4 is 9.88 Å². The lowest BCUT2D eigenvalue weighted by molar-refractivity contribution is 1.14. The highest BCUT2D eigenvalue weighted by molar-refractivity contribution is 7.09. The van der Waals surface area contributed by atoms with E-state index < -0.39 is 0 Å². The standard InChI is InChI=1S/C11H14ClNS/c1-5-9(6-2)10(12)11-7(3)14-8(4)13-11/h5H,3,6H2,1-2,4H3/b9-5-,11-10-. The van der Waals surface area contributed by atoms with Gasteiger partial charge in [0.1, 0.15) is 0 Å². The molecule has 1 aromatic rings. The van der Waals surface area contributed by atoms with Gasteiger partial charge in [-0.1, -0.05) is 31.2 Å². The van der Waals surface area contributed by atoms with E-state index in [1.165, 1.54) is 0 Å². The largest absolute Gasteiger partial charge is 0.240 e. The molecule has 0 unspecified atom stereocenters. The zero-order valence-electron chi connectivity index (χ0n) is 8.72. The van der Waals surface area contributed by atoms with Gasteiger partial charge in [0, 0.05) is 4.53 Å². The highest BCUT2D eigenvalue weighted by Gasteiger charge is 2.03. The highest BCUT2D eigenvalue weighted by Crippen LogP contribution is 2.17. The molecule has 3 heteroatoms. The second-order valence-corrected chi connectivity index (χ2v) is 4.65. The van der Waals surface area contributed by atoms with Crippen LogP contribution in [0.4, 0.5) is 0 Å².